The van der Waals surface area contributed by atoms with Crippen LogP contribution in [0.15, 0.2) is 42.5 Å². The highest BCUT2D eigenvalue weighted by molar-refractivity contribution is 8.01. The van der Waals surface area contributed by atoms with Crippen LogP contribution in [0.4, 0.5) is 0 Å². The number of Topliss-reactive ketones (excluding diaryl/α,β-unsaturated/α-hetero) is 1. The van der Waals surface area contributed by atoms with Gasteiger partial charge in [-0.25, -0.2) is 0 Å². The summed E-state index contributed by atoms with van der Waals surface area (Å²) in [5.74, 6) is 0.783. The van der Waals surface area contributed by atoms with E-state index in [0.29, 0.717) is 17.0 Å². The van der Waals surface area contributed by atoms with Crippen LogP contribution in [0.25, 0.3) is 0 Å². The Morgan fingerprint density at radius 1 is 1.20 bits per heavy atom. The fourth-order valence-corrected chi connectivity index (χ4v) is 3.88. The predicted molar refractivity (Wildman–Crippen MR) is 63.2 cm³/mol. The molecule has 15 heavy (non-hydrogen) atoms. The van der Waals surface area contributed by atoms with Crippen molar-refractivity contribution >= 4 is 17.5 Å². The highest BCUT2D eigenvalue weighted by atomic mass is 32.2. The van der Waals surface area contributed by atoms with Gasteiger partial charge < -0.3 is 0 Å². The molecule has 0 N–H and O–H groups in total. The van der Waals surface area contributed by atoms with E-state index in [0.717, 1.165) is 12.0 Å². The van der Waals surface area contributed by atoms with Crippen molar-refractivity contribution in [1.82, 2.24) is 0 Å². The van der Waals surface area contributed by atoms with E-state index in [-0.39, 0.29) is 5.25 Å². The molecule has 1 fully saturated rings. The quantitative estimate of drug-likeness (QED) is 0.558. The predicted octanol–water partition coefficient (Wildman–Crippen LogP) is 2.93. The number of hydrogen-bond donors (Lipinski definition) is 0. The molecule has 3 unspecified atom stereocenters. The van der Waals surface area contributed by atoms with Gasteiger partial charge in [0.05, 0.1) is 5.25 Å². The standard InChI is InChI=1S/C13H12OS/c14-12(9-4-2-1-3-5-9)13-10-6-7-11(8-10)15-13/h1-7,10-11,13H,8H2. The van der Waals surface area contributed by atoms with Gasteiger partial charge in [0.15, 0.2) is 5.78 Å². The van der Waals surface area contributed by atoms with Gasteiger partial charge in [0.25, 0.3) is 0 Å². The van der Waals surface area contributed by atoms with Gasteiger partial charge in [0, 0.05) is 10.8 Å². The first-order chi connectivity index (χ1) is 7.34. The number of thioether (sulfide) groups is 1. The van der Waals surface area contributed by atoms with Gasteiger partial charge in [-0.3, -0.25) is 4.79 Å². The molecule has 2 aliphatic rings. The van der Waals surface area contributed by atoms with Crippen LogP contribution < -0.4 is 0 Å². The molecular weight excluding hydrogens is 204 g/mol. The number of ketones is 1. The Balaban J connectivity index is 1.85. The third-order valence-corrected chi connectivity index (χ3v) is 4.66. The van der Waals surface area contributed by atoms with E-state index in [9.17, 15) is 4.79 Å². The molecule has 0 spiro atoms. The highest BCUT2D eigenvalue weighted by Crippen LogP contribution is 2.45. The Bertz CT molecular complexity index is 410. The van der Waals surface area contributed by atoms with Gasteiger partial charge in [-0.15, -0.1) is 11.8 Å². The van der Waals surface area contributed by atoms with E-state index in [4.69, 9.17) is 0 Å². The minimum absolute atomic E-state index is 0.169. The van der Waals surface area contributed by atoms with Crippen molar-refractivity contribution in [2.45, 2.75) is 16.9 Å². The maximum Gasteiger partial charge on any atom is 0.176 e. The van der Waals surface area contributed by atoms with Gasteiger partial charge in [-0.05, 0) is 12.3 Å². The summed E-state index contributed by atoms with van der Waals surface area (Å²) in [4.78, 5) is 12.2. The Morgan fingerprint density at radius 2 is 2.00 bits per heavy atom. The Kier molecular flexibility index (Phi) is 2.17. The molecule has 0 aromatic heterocycles. The van der Waals surface area contributed by atoms with Gasteiger partial charge in [-0.1, -0.05) is 42.5 Å². The zero-order valence-corrected chi connectivity index (χ0v) is 9.11. The van der Waals surface area contributed by atoms with Crippen LogP contribution in [0.5, 0.6) is 0 Å². The molecule has 0 amide bonds. The monoisotopic (exact) mass is 216 g/mol. The second kappa shape index (κ2) is 3.53. The number of rotatable bonds is 2. The molecule has 0 saturated carbocycles. The van der Waals surface area contributed by atoms with Gasteiger partial charge >= 0.3 is 0 Å². The second-order valence-electron chi connectivity index (χ2n) is 4.11. The third kappa shape index (κ3) is 1.53. The summed E-state index contributed by atoms with van der Waals surface area (Å²) in [7, 11) is 0. The van der Waals surface area contributed by atoms with Crippen LogP contribution in [0.1, 0.15) is 16.8 Å². The molecule has 1 aliphatic carbocycles. The van der Waals surface area contributed by atoms with Crippen LogP contribution in [-0.2, 0) is 0 Å². The van der Waals surface area contributed by atoms with Gasteiger partial charge in [0.2, 0.25) is 0 Å². The molecular formula is C13H12OS. The highest BCUT2D eigenvalue weighted by Gasteiger charge is 2.40. The zero-order valence-electron chi connectivity index (χ0n) is 8.30. The lowest BCUT2D eigenvalue weighted by Gasteiger charge is -2.15. The van der Waals surface area contributed by atoms with E-state index in [1.807, 2.05) is 42.1 Å². The summed E-state index contributed by atoms with van der Waals surface area (Å²) in [6.07, 6.45) is 5.62. The Hall–Kier alpha value is -1.02. The molecule has 2 heteroatoms. The first kappa shape index (κ1) is 9.22. The molecule has 1 nitrogen and oxygen atoms in total. The molecule has 76 valence electrons. The number of fused-ring (bicyclic) bond motifs is 2. The SMILES string of the molecule is O=C(c1ccccc1)C1SC2C=CC1C2. The number of carbonyl (C=O) groups is 1. The fourth-order valence-electron chi connectivity index (χ4n) is 2.33. The average Bonchev–Trinajstić information content (AvgIpc) is 2.91. The summed E-state index contributed by atoms with van der Waals surface area (Å²) in [5.41, 5.74) is 0.857. The van der Waals surface area contributed by atoms with Crippen molar-refractivity contribution in [2.75, 3.05) is 0 Å². The van der Waals surface area contributed by atoms with Crippen molar-refractivity contribution in [3.8, 4) is 0 Å². The Labute approximate surface area is 93.6 Å². The van der Waals surface area contributed by atoms with Crippen LogP contribution in [-0.4, -0.2) is 16.3 Å². The third-order valence-electron chi connectivity index (χ3n) is 3.10. The molecule has 2 bridgehead atoms. The lowest BCUT2D eigenvalue weighted by molar-refractivity contribution is 0.0979. The van der Waals surface area contributed by atoms with E-state index in [1.165, 1.54) is 0 Å². The van der Waals surface area contributed by atoms with E-state index >= 15 is 0 Å². The molecule has 1 aliphatic heterocycles. The largest absolute Gasteiger partial charge is 0.293 e. The number of carbonyl (C=O) groups excluding carboxylic acids is 1. The van der Waals surface area contributed by atoms with Crippen LogP contribution in [0.2, 0.25) is 0 Å². The molecule has 1 saturated heterocycles. The van der Waals surface area contributed by atoms with Crippen LogP contribution >= 0.6 is 11.8 Å². The Morgan fingerprint density at radius 3 is 2.60 bits per heavy atom. The van der Waals surface area contributed by atoms with E-state index in [1.54, 1.807) is 0 Å². The first-order valence-electron chi connectivity index (χ1n) is 5.27. The minimum atomic E-state index is 0.169. The van der Waals surface area contributed by atoms with E-state index < -0.39 is 0 Å². The van der Waals surface area contributed by atoms with Gasteiger partial charge in [0.1, 0.15) is 0 Å². The normalized spacial score (nSPS) is 32.1. The minimum Gasteiger partial charge on any atom is -0.293 e. The summed E-state index contributed by atoms with van der Waals surface area (Å²) in [6.45, 7) is 0. The maximum absolute atomic E-state index is 12.2. The lowest BCUT2D eigenvalue weighted by Crippen LogP contribution is -2.21. The zero-order chi connectivity index (χ0) is 10.3. The van der Waals surface area contributed by atoms with Crippen molar-refractivity contribution in [3.05, 3.63) is 48.0 Å². The fraction of sp³-hybridized carbons (Fsp3) is 0.308. The number of allylic oxidation sites excluding steroid dienone is 1. The molecule has 3 atom stereocenters. The summed E-state index contributed by atoms with van der Waals surface area (Å²) in [6, 6.07) is 9.64. The summed E-state index contributed by atoms with van der Waals surface area (Å²) >= 11 is 1.83. The molecule has 1 heterocycles. The second-order valence-corrected chi connectivity index (χ2v) is 5.50. The molecule has 1 aromatic rings. The van der Waals surface area contributed by atoms with E-state index in [2.05, 4.69) is 12.2 Å². The smallest absolute Gasteiger partial charge is 0.176 e. The number of benzene rings is 1. The summed E-state index contributed by atoms with van der Waals surface area (Å²) in [5, 5.41) is 0.759. The van der Waals surface area contributed by atoms with Crippen molar-refractivity contribution in [1.29, 1.82) is 0 Å². The van der Waals surface area contributed by atoms with Crippen LogP contribution in [0, 0.1) is 5.92 Å². The lowest BCUT2D eigenvalue weighted by atomic mass is 9.97. The summed E-state index contributed by atoms with van der Waals surface area (Å²) < 4.78 is 0. The van der Waals surface area contributed by atoms with Crippen LogP contribution in [0.3, 0.4) is 0 Å². The van der Waals surface area contributed by atoms with Crippen molar-refractivity contribution in [3.63, 3.8) is 0 Å². The first-order valence-corrected chi connectivity index (χ1v) is 6.22. The topological polar surface area (TPSA) is 17.1 Å². The molecule has 0 radical (unpaired) electrons. The van der Waals surface area contributed by atoms with Crippen molar-refractivity contribution < 1.29 is 4.79 Å². The molecule has 1 aromatic carbocycles. The van der Waals surface area contributed by atoms with Crippen molar-refractivity contribution in [2.24, 2.45) is 5.92 Å². The van der Waals surface area contributed by atoms with Gasteiger partial charge in [-0.2, -0.15) is 0 Å². The number of hydrogen-bond acceptors (Lipinski definition) is 2. The average molecular weight is 216 g/mol. The molecule has 3 rings (SSSR count). The maximum atomic E-state index is 12.2.